The Bertz CT molecular complexity index is 869. The van der Waals surface area contributed by atoms with E-state index in [1.807, 2.05) is 45.0 Å². The van der Waals surface area contributed by atoms with E-state index in [0.717, 1.165) is 16.0 Å². The number of fused-ring (bicyclic) bond motifs is 1. The third-order valence-electron chi connectivity index (χ3n) is 4.95. The van der Waals surface area contributed by atoms with Gasteiger partial charge in [-0.2, -0.15) is 0 Å². The molecule has 0 saturated carbocycles. The molecule has 1 unspecified atom stereocenters. The van der Waals surface area contributed by atoms with Crippen molar-refractivity contribution in [3.05, 3.63) is 70.8 Å². The zero-order valence-corrected chi connectivity index (χ0v) is 16.9. The van der Waals surface area contributed by atoms with Crippen LogP contribution in [0.5, 0.6) is 0 Å². The van der Waals surface area contributed by atoms with Gasteiger partial charge in [-0.1, -0.05) is 50.2 Å². The standard InChI is InChI=1S/C23H25NO5/c1-4-28-13-16-9-11-17(12-10-16)20(15(2)3)23(27)29-14-24-21(25)18-7-5-6-8-19(18)22(24)26/h5-12,15,20H,4,13-14H2,1-3H3. The number of nitrogens with zero attached hydrogens (tertiary/aromatic N) is 1. The first-order valence-corrected chi connectivity index (χ1v) is 9.72. The predicted molar refractivity (Wildman–Crippen MR) is 107 cm³/mol. The molecular formula is C23H25NO5. The number of rotatable bonds is 8. The average Bonchev–Trinajstić information content (AvgIpc) is 2.96. The van der Waals surface area contributed by atoms with Crippen LogP contribution >= 0.6 is 0 Å². The van der Waals surface area contributed by atoms with Gasteiger partial charge in [0.2, 0.25) is 0 Å². The van der Waals surface area contributed by atoms with Crippen LogP contribution in [0.1, 0.15) is 58.5 Å². The second kappa shape index (κ2) is 9.01. The minimum Gasteiger partial charge on any atom is -0.443 e. The number of hydrogen-bond donors (Lipinski definition) is 0. The number of carbonyl (C=O) groups is 3. The zero-order valence-electron chi connectivity index (χ0n) is 16.9. The Kier molecular flexibility index (Phi) is 6.44. The summed E-state index contributed by atoms with van der Waals surface area (Å²) in [6, 6.07) is 14.2. The molecule has 1 aliphatic rings. The van der Waals surface area contributed by atoms with E-state index in [-0.39, 0.29) is 5.92 Å². The second-order valence-electron chi connectivity index (χ2n) is 7.28. The van der Waals surface area contributed by atoms with Crippen molar-refractivity contribution in [1.82, 2.24) is 4.90 Å². The Hall–Kier alpha value is -2.99. The molecule has 0 N–H and O–H groups in total. The number of amides is 2. The Labute approximate surface area is 170 Å². The molecule has 0 saturated heterocycles. The maximum atomic E-state index is 12.8. The number of hydrogen-bond acceptors (Lipinski definition) is 5. The summed E-state index contributed by atoms with van der Waals surface area (Å²) < 4.78 is 10.8. The van der Waals surface area contributed by atoms with Gasteiger partial charge in [-0.05, 0) is 36.1 Å². The Balaban J connectivity index is 1.68. The van der Waals surface area contributed by atoms with Crippen molar-refractivity contribution in [2.75, 3.05) is 13.3 Å². The molecule has 0 aliphatic carbocycles. The van der Waals surface area contributed by atoms with E-state index < -0.39 is 30.4 Å². The number of ether oxygens (including phenoxy) is 2. The number of imide groups is 1. The predicted octanol–water partition coefficient (Wildman–Crippen LogP) is 3.76. The van der Waals surface area contributed by atoms with Gasteiger partial charge < -0.3 is 9.47 Å². The van der Waals surface area contributed by atoms with Gasteiger partial charge in [0.05, 0.1) is 23.7 Å². The highest BCUT2D eigenvalue weighted by Gasteiger charge is 2.36. The summed E-state index contributed by atoms with van der Waals surface area (Å²) in [6.45, 7) is 6.57. The number of benzene rings is 2. The molecular weight excluding hydrogens is 370 g/mol. The number of carbonyl (C=O) groups excluding carboxylic acids is 3. The SMILES string of the molecule is CCOCc1ccc(C(C(=O)OCN2C(=O)c3ccccc3C2=O)C(C)C)cc1. The van der Waals surface area contributed by atoms with Crippen LogP contribution in [-0.4, -0.2) is 36.0 Å². The van der Waals surface area contributed by atoms with Crippen LogP contribution in [0.4, 0.5) is 0 Å². The second-order valence-corrected chi connectivity index (χ2v) is 7.28. The third kappa shape index (κ3) is 4.38. The first-order valence-electron chi connectivity index (χ1n) is 9.72. The summed E-state index contributed by atoms with van der Waals surface area (Å²) in [5.41, 5.74) is 2.52. The van der Waals surface area contributed by atoms with E-state index in [1.54, 1.807) is 24.3 Å². The zero-order chi connectivity index (χ0) is 21.0. The van der Waals surface area contributed by atoms with E-state index in [2.05, 4.69) is 0 Å². The minimum atomic E-state index is -0.494. The van der Waals surface area contributed by atoms with Crippen molar-refractivity contribution in [3.63, 3.8) is 0 Å². The molecule has 29 heavy (non-hydrogen) atoms. The maximum Gasteiger partial charge on any atom is 0.315 e. The van der Waals surface area contributed by atoms with E-state index in [1.165, 1.54) is 0 Å². The van der Waals surface area contributed by atoms with Gasteiger partial charge in [0.1, 0.15) is 0 Å². The highest BCUT2D eigenvalue weighted by Crippen LogP contribution is 2.28. The van der Waals surface area contributed by atoms with Gasteiger partial charge in [0.15, 0.2) is 6.73 Å². The quantitative estimate of drug-likeness (QED) is 0.503. The van der Waals surface area contributed by atoms with Gasteiger partial charge in [-0.15, -0.1) is 0 Å². The monoisotopic (exact) mass is 395 g/mol. The fourth-order valence-electron chi connectivity index (χ4n) is 3.41. The summed E-state index contributed by atoms with van der Waals surface area (Å²) in [5, 5.41) is 0. The van der Waals surface area contributed by atoms with Crippen molar-refractivity contribution < 1.29 is 23.9 Å². The topological polar surface area (TPSA) is 72.9 Å². The normalized spacial score (nSPS) is 14.3. The van der Waals surface area contributed by atoms with E-state index in [0.29, 0.717) is 24.3 Å². The van der Waals surface area contributed by atoms with Crippen molar-refractivity contribution in [2.45, 2.75) is 33.3 Å². The van der Waals surface area contributed by atoms with Crippen LogP contribution in [0.15, 0.2) is 48.5 Å². The molecule has 0 radical (unpaired) electrons. The first-order chi connectivity index (χ1) is 13.9. The summed E-state index contributed by atoms with van der Waals surface area (Å²) in [5.74, 6) is -1.86. The molecule has 2 amide bonds. The molecule has 1 atom stereocenters. The van der Waals surface area contributed by atoms with Crippen molar-refractivity contribution >= 4 is 17.8 Å². The molecule has 1 aliphatic heterocycles. The lowest BCUT2D eigenvalue weighted by atomic mass is 9.88. The summed E-state index contributed by atoms with van der Waals surface area (Å²) in [4.78, 5) is 38.6. The smallest absolute Gasteiger partial charge is 0.315 e. The maximum absolute atomic E-state index is 12.8. The largest absolute Gasteiger partial charge is 0.443 e. The molecule has 0 spiro atoms. The van der Waals surface area contributed by atoms with Crippen LogP contribution in [0.25, 0.3) is 0 Å². The highest BCUT2D eigenvalue weighted by atomic mass is 16.5. The molecule has 0 bridgehead atoms. The van der Waals surface area contributed by atoms with Crippen LogP contribution in [0, 0.1) is 5.92 Å². The molecule has 3 rings (SSSR count). The molecule has 1 heterocycles. The Morgan fingerprint density at radius 1 is 0.966 bits per heavy atom. The summed E-state index contributed by atoms with van der Waals surface area (Å²) in [6.07, 6.45) is 0. The van der Waals surface area contributed by atoms with Gasteiger partial charge in [-0.3, -0.25) is 14.4 Å². The Morgan fingerprint density at radius 3 is 2.07 bits per heavy atom. The fourth-order valence-corrected chi connectivity index (χ4v) is 3.41. The highest BCUT2D eigenvalue weighted by molar-refractivity contribution is 6.21. The van der Waals surface area contributed by atoms with Crippen LogP contribution in [-0.2, 0) is 20.9 Å². The van der Waals surface area contributed by atoms with Crippen LogP contribution < -0.4 is 0 Å². The van der Waals surface area contributed by atoms with Crippen LogP contribution in [0.3, 0.4) is 0 Å². The lowest BCUT2D eigenvalue weighted by Crippen LogP contribution is -2.34. The molecule has 6 heteroatoms. The van der Waals surface area contributed by atoms with E-state index in [4.69, 9.17) is 9.47 Å². The van der Waals surface area contributed by atoms with Crippen molar-refractivity contribution in [2.24, 2.45) is 5.92 Å². The fraction of sp³-hybridized carbons (Fsp3) is 0.348. The molecule has 0 aromatic heterocycles. The van der Waals surface area contributed by atoms with Gasteiger partial charge in [-0.25, -0.2) is 4.90 Å². The molecule has 2 aromatic carbocycles. The van der Waals surface area contributed by atoms with E-state index >= 15 is 0 Å². The molecule has 0 fully saturated rings. The first kappa shape index (κ1) is 20.7. The third-order valence-corrected chi connectivity index (χ3v) is 4.95. The minimum absolute atomic E-state index is 0.0116. The average molecular weight is 395 g/mol. The van der Waals surface area contributed by atoms with E-state index in [9.17, 15) is 14.4 Å². The van der Waals surface area contributed by atoms with Gasteiger partial charge in [0, 0.05) is 6.61 Å². The molecule has 6 nitrogen and oxygen atoms in total. The molecule has 2 aromatic rings. The lowest BCUT2D eigenvalue weighted by Gasteiger charge is -2.22. The van der Waals surface area contributed by atoms with Gasteiger partial charge in [0.25, 0.3) is 11.8 Å². The summed E-state index contributed by atoms with van der Waals surface area (Å²) in [7, 11) is 0. The van der Waals surface area contributed by atoms with Crippen molar-refractivity contribution in [1.29, 1.82) is 0 Å². The molecule has 152 valence electrons. The van der Waals surface area contributed by atoms with Gasteiger partial charge >= 0.3 is 5.97 Å². The number of esters is 1. The Morgan fingerprint density at radius 2 is 1.55 bits per heavy atom. The van der Waals surface area contributed by atoms with Crippen molar-refractivity contribution in [3.8, 4) is 0 Å². The van der Waals surface area contributed by atoms with Crippen LogP contribution in [0.2, 0.25) is 0 Å². The lowest BCUT2D eigenvalue weighted by molar-refractivity contribution is -0.149. The summed E-state index contributed by atoms with van der Waals surface area (Å²) >= 11 is 0.